The van der Waals surface area contributed by atoms with E-state index in [0.29, 0.717) is 6.54 Å². The maximum atomic E-state index is 12.0. The van der Waals surface area contributed by atoms with E-state index in [1.807, 2.05) is 6.92 Å². The number of aromatic nitrogens is 2. The fourth-order valence-corrected chi connectivity index (χ4v) is 1.88. The first-order chi connectivity index (χ1) is 9.15. The quantitative estimate of drug-likeness (QED) is 0.874. The van der Waals surface area contributed by atoms with Crippen LogP contribution >= 0.6 is 0 Å². The average Bonchev–Trinajstić information content (AvgIpc) is 2.44. The van der Waals surface area contributed by atoms with E-state index >= 15 is 0 Å². The second kappa shape index (κ2) is 5.67. The van der Waals surface area contributed by atoms with E-state index in [4.69, 9.17) is 5.11 Å². The molecule has 0 aliphatic carbocycles. The molecule has 5 nitrogen and oxygen atoms in total. The van der Waals surface area contributed by atoms with Crippen molar-refractivity contribution in [2.75, 3.05) is 0 Å². The summed E-state index contributed by atoms with van der Waals surface area (Å²) in [5.74, 6) is 0. The van der Waals surface area contributed by atoms with Crippen molar-refractivity contribution in [2.24, 2.45) is 0 Å². The number of aryl methyl sites for hydroxylation is 1. The van der Waals surface area contributed by atoms with E-state index in [-0.39, 0.29) is 24.4 Å². The van der Waals surface area contributed by atoms with Gasteiger partial charge in [0.15, 0.2) is 0 Å². The van der Waals surface area contributed by atoms with Crippen molar-refractivity contribution in [1.29, 1.82) is 0 Å². The molecule has 2 aromatic rings. The molecule has 0 amide bonds. The Morgan fingerprint density at radius 1 is 1.05 bits per heavy atom. The zero-order valence-electron chi connectivity index (χ0n) is 10.7. The minimum Gasteiger partial charge on any atom is -0.392 e. The van der Waals surface area contributed by atoms with Gasteiger partial charge in [-0.05, 0) is 18.1 Å². The molecule has 2 rings (SSSR count). The second-order valence-corrected chi connectivity index (χ2v) is 4.28. The number of hydrogen-bond donors (Lipinski definition) is 1. The van der Waals surface area contributed by atoms with Crippen LogP contribution in [0.5, 0.6) is 0 Å². The van der Waals surface area contributed by atoms with Crippen molar-refractivity contribution in [2.45, 2.75) is 26.6 Å². The molecule has 0 aliphatic rings. The Bertz CT molecular complexity index is 668. The Kier molecular flexibility index (Phi) is 3.97. The summed E-state index contributed by atoms with van der Waals surface area (Å²) < 4.78 is 2.70. The van der Waals surface area contributed by atoms with Gasteiger partial charge >= 0.3 is 5.69 Å². The Balaban J connectivity index is 2.37. The molecule has 0 aliphatic heterocycles. The van der Waals surface area contributed by atoms with Gasteiger partial charge in [-0.3, -0.25) is 9.36 Å². The Morgan fingerprint density at radius 2 is 1.68 bits per heavy atom. The van der Waals surface area contributed by atoms with Crippen LogP contribution in [0.15, 0.2) is 46.1 Å². The lowest BCUT2D eigenvalue weighted by atomic mass is 10.1. The molecule has 0 bridgehead atoms. The van der Waals surface area contributed by atoms with Crippen LogP contribution in [-0.2, 0) is 19.7 Å². The number of rotatable bonds is 4. The fourth-order valence-electron chi connectivity index (χ4n) is 1.88. The van der Waals surface area contributed by atoms with E-state index in [9.17, 15) is 9.59 Å². The fraction of sp³-hybridized carbons (Fsp3) is 0.286. The summed E-state index contributed by atoms with van der Waals surface area (Å²) >= 11 is 0. The van der Waals surface area contributed by atoms with Gasteiger partial charge in [0.2, 0.25) is 0 Å². The molecular weight excluding hydrogens is 244 g/mol. The normalized spacial score (nSPS) is 10.6. The molecule has 0 saturated heterocycles. The van der Waals surface area contributed by atoms with Gasteiger partial charge in [-0.15, -0.1) is 0 Å². The summed E-state index contributed by atoms with van der Waals surface area (Å²) in [6, 6.07) is 8.57. The van der Waals surface area contributed by atoms with Crippen molar-refractivity contribution >= 4 is 0 Å². The molecule has 100 valence electrons. The number of aliphatic hydroxyl groups excluding tert-OH is 1. The molecule has 0 saturated carbocycles. The summed E-state index contributed by atoms with van der Waals surface area (Å²) in [6.45, 7) is 2.60. The Hall–Kier alpha value is -2.14. The first kappa shape index (κ1) is 13.3. The summed E-state index contributed by atoms with van der Waals surface area (Å²) in [4.78, 5) is 23.8. The SMILES string of the molecule is CCn1ccc(=O)n(Cc2ccc(CO)cc2)c1=O. The average molecular weight is 260 g/mol. The number of aliphatic hydroxyl groups is 1. The number of nitrogens with zero attached hydrogens (tertiary/aromatic N) is 2. The van der Waals surface area contributed by atoms with Crippen LogP contribution in [0.2, 0.25) is 0 Å². The highest BCUT2D eigenvalue weighted by atomic mass is 16.3. The molecule has 1 heterocycles. The molecule has 1 aromatic carbocycles. The lowest BCUT2D eigenvalue weighted by Gasteiger charge is -2.08. The van der Waals surface area contributed by atoms with Crippen molar-refractivity contribution in [3.05, 3.63) is 68.5 Å². The van der Waals surface area contributed by atoms with E-state index in [2.05, 4.69) is 0 Å². The smallest absolute Gasteiger partial charge is 0.331 e. The molecule has 0 unspecified atom stereocenters. The van der Waals surface area contributed by atoms with Gasteiger partial charge < -0.3 is 9.67 Å². The third kappa shape index (κ3) is 2.82. The zero-order valence-corrected chi connectivity index (χ0v) is 10.7. The number of benzene rings is 1. The number of hydrogen-bond acceptors (Lipinski definition) is 3. The van der Waals surface area contributed by atoms with Gasteiger partial charge in [-0.25, -0.2) is 4.79 Å². The molecule has 19 heavy (non-hydrogen) atoms. The highest BCUT2D eigenvalue weighted by Crippen LogP contribution is 2.04. The predicted molar refractivity (Wildman–Crippen MR) is 72.1 cm³/mol. The van der Waals surface area contributed by atoms with Crippen LogP contribution in [0, 0.1) is 0 Å². The second-order valence-electron chi connectivity index (χ2n) is 4.28. The van der Waals surface area contributed by atoms with E-state index in [1.165, 1.54) is 21.4 Å². The van der Waals surface area contributed by atoms with Gasteiger partial charge in [0.05, 0.1) is 13.2 Å². The summed E-state index contributed by atoms with van der Waals surface area (Å²) in [7, 11) is 0. The van der Waals surface area contributed by atoms with Crippen LogP contribution < -0.4 is 11.2 Å². The van der Waals surface area contributed by atoms with Crippen LogP contribution in [0.25, 0.3) is 0 Å². The highest BCUT2D eigenvalue weighted by molar-refractivity contribution is 5.22. The molecule has 1 aromatic heterocycles. The predicted octanol–water partition coefficient (Wildman–Crippen LogP) is 0.571. The van der Waals surface area contributed by atoms with Crippen LogP contribution in [0.3, 0.4) is 0 Å². The maximum absolute atomic E-state index is 12.0. The largest absolute Gasteiger partial charge is 0.392 e. The minimum atomic E-state index is -0.305. The van der Waals surface area contributed by atoms with Crippen molar-refractivity contribution in [3.8, 4) is 0 Å². The molecule has 0 radical (unpaired) electrons. The highest BCUT2D eigenvalue weighted by Gasteiger charge is 2.05. The van der Waals surface area contributed by atoms with Gasteiger partial charge in [0, 0.05) is 18.8 Å². The van der Waals surface area contributed by atoms with Gasteiger partial charge in [-0.1, -0.05) is 24.3 Å². The minimum absolute atomic E-state index is 0.0196. The van der Waals surface area contributed by atoms with Gasteiger partial charge in [-0.2, -0.15) is 0 Å². The van der Waals surface area contributed by atoms with Crippen molar-refractivity contribution in [1.82, 2.24) is 9.13 Å². The Labute approximate surface area is 110 Å². The lowest BCUT2D eigenvalue weighted by Crippen LogP contribution is -2.38. The van der Waals surface area contributed by atoms with E-state index < -0.39 is 0 Å². The van der Waals surface area contributed by atoms with Crippen LogP contribution in [0.4, 0.5) is 0 Å². The van der Waals surface area contributed by atoms with Gasteiger partial charge in [0.25, 0.3) is 5.56 Å². The van der Waals surface area contributed by atoms with Crippen LogP contribution in [0.1, 0.15) is 18.1 Å². The Morgan fingerprint density at radius 3 is 2.26 bits per heavy atom. The zero-order chi connectivity index (χ0) is 13.8. The molecule has 5 heteroatoms. The first-order valence-electron chi connectivity index (χ1n) is 6.14. The van der Waals surface area contributed by atoms with Crippen LogP contribution in [-0.4, -0.2) is 14.2 Å². The lowest BCUT2D eigenvalue weighted by molar-refractivity contribution is 0.282. The summed E-state index contributed by atoms with van der Waals surface area (Å²) in [5.41, 5.74) is 1.04. The molecule has 1 N–H and O–H groups in total. The first-order valence-corrected chi connectivity index (χ1v) is 6.14. The summed E-state index contributed by atoms with van der Waals surface area (Å²) in [5, 5.41) is 8.97. The third-order valence-electron chi connectivity index (χ3n) is 3.03. The standard InChI is InChI=1S/C14H16N2O3/c1-2-15-8-7-13(18)16(14(15)19)9-11-3-5-12(10-17)6-4-11/h3-8,17H,2,9-10H2,1H3. The van der Waals surface area contributed by atoms with Gasteiger partial charge in [0.1, 0.15) is 0 Å². The summed E-state index contributed by atoms with van der Waals surface area (Å²) in [6.07, 6.45) is 1.51. The maximum Gasteiger partial charge on any atom is 0.331 e. The molecule has 0 atom stereocenters. The van der Waals surface area contributed by atoms with E-state index in [0.717, 1.165) is 11.1 Å². The molecule has 0 spiro atoms. The third-order valence-corrected chi connectivity index (χ3v) is 3.03. The van der Waals surface area contributed by atoms with Crippen molar-refractivity contribution < 1.29 is 5.11 Å². The molecular formula is C14H16N2O3. The molecule has 0 fully saturated rings. The van der Waals surface area contributed by atoms with Crippen molar-refractivity contribution in [3.63, 3.8) is 0 Å². The van der Waals surface area contributed by atoms with E-state index in [1.54, 1.807) is 24.3 Å². The monoisotopic (exact) mass is 260 g/mol. The topological polar surface area (TPSA) is 64.2 Å².